The number of anilines is 2. The summed E-state index contributed by atoms with van der Waals surface area (Å²) in [4.78, 5) is 30.9. The van der Waals surface area contributed by atoms with Gasteiger partial charge in [-0.3, -0.25) is 4.79 Å². The zero-order valence-corrected chi connectivity index (χ0v) is 15.0. The maximum atomic E-state index is 12.8. The van der Waals surface area contributed by atoms with E-state index >= 15 is 0 Å². The number of thiophene rings is 1. The summed E-state index contributed by atoms with van der Waals surface area (Å²) in [7, 11) is 1.34. The van der Waals surface area contributed by atoms with Crippen LogP contribution in [0.2, 0.25) is 0 Å². The number of methoxy groups -OCH3 is 1. The van der Waals surface area contributed by atoms with Crippen LogP contribution in [0.5, 0.6) is 0 Å². The molecule has 1 unspecified atom stereocenters. The van der Waals surface area contributed by atoms with Crippen molar-refractivity contribution < 1.29 is 14.3 Å². The van der Waals surface area contributed by atoms with E-state index < -0.39 is 5.97 Å². The smallest absolute Gasteiger partial charge is 0.340 e. The van der Waals surface area contributed by atoms with Gasteiger partial charge in [-0.15, -0.1) is 11.3 Å². The highest BCUT2D eigenvalue weighted by molar-refractivity contribution is 7.14. The molecule has 4 rings (SSSR count). The van der Waals surface area contributed by atoms with Gasteiger partial charge in [-0.2, -0.15) is 0 Å². The number of hydrogen-bond acceptors (Lipinski definition) is 6. The number of carbonyl (C=O) groups is 2. The summed E-state index contributed by atoms with van der Waals surface area (Å²) in [6.07, 6.45) is 0.645. The number of hydrogen-bond donors (Lipinski definition) is 1. The number of para-hydroxylation sites is 1. The number of fused-ring (bicyclic) bond motifs is 1. The highest BCUT2D eigenvalue weighted by atomic mass is 32.1. The van der Waals surface area contributed by atoms with Crippen molar-refractivity contribution in [1.82, 2.24) is 4.98 Å². The van der Waals surface area contributed by atoms with Gasteiger partial charge in [0.05, 0.1) is 18.2 Å². The number of aromatic nitrogens is 1. The number of esters is 1. The van der Waals surface area contributed by atoms with Gasteiger partial charge in [-0.05, 0) is 36.1 Å². The van der Waals surface area contributed by atoms with Crippen LogP contribution < -0.4 is 10.2 Å². The molecule has 3 heterocycles. The van der Waals surface area contributed by atoms with Gasteiger partial charge in [0.1, 0.15) is 16.9 Å². The number of carbonyl (C=O) groups excluding carboxylic acids is 2. The first-order chi connectivity index (χ1) is 12.7. The maximum absolute atomic E-state index is 12.8. The molecule has 1 aliphatic rings. The third kappa shape index (κ3) is 2.90. The summed E-state index contributed by atoms with van der Waals surface area (Å²) in [6, 6.07) is 13.0. The molecule has 1 aromatic carbocycles. The molecule has 132 valence electrons. The molecule has 1 atom stereocenters. The van der Waals surface area contributed by atoms with Crippen LogP contribution in [-0.2, 0) is 9.53 Å². The SMILES string of the molecule is COC(=O)c1ccsc1N1CCC(Nc2ccc3ccccc3n2)C1=O. The quantitative estimate of drug-likeness (QED) is 0.717. The van der Waals surface area contributed by atoms with Crippen molar-refractivity contribution in [2.75, 3.05) is 23.9 Å². The Bertz CT molecular complexity index is 985. The number of benzene rings is 1. The molecule has 1 saturated heterocycles. The van der Waals surface area contributed by atoms with Gasteiger partial charge in [0.25, 0.3) is 0 Å². The van der Waals surface area contributed by atoms with E-state index in [0.717, 1.165) is 10.9 Å². The molecule has 1 fully saturated rings. The lowest BCUT2D eigenvalue weighted by atomic mass is 10.2. The van der Waals surface area contributed by atoms with E-state index in [9.17, 15) is 9.59 Å². The molecule has 6 nitrogen and oxygen atoms in total. The monoisotopic (exact) mass is 367 g/mol. The van der Waals surface area contributed by atoms with E-state index in [2.05, 4.69) is 10.3 Å². The van der Waals surface area contributed by atoms with Crippen LogP contribution in [-0.4, -0.2) is 36.6 Å². The van der Waals surface area contributed by atoms with E-state index in [4.69, 9.17) is 4.74 Å². The second-order valence-electron chi connectivity index (χ2n) is 6.00. The highest BCUT2D eigenvalue weighted by Crippen LogP contribution is 2.32. The molecular formula is C19H17N3O3S. The van der Waals surface area contributed by atoms with Gasteiger partial charge in [-0.25, -0.2) is 9.78 Å². The Morgan fingerprint density at radius 1 is 1.27 bits per heavy atom. The van der Waals surface area contributed by atoms with Crippen LogP contribution in [0.3, 0.4) is 0 Å². The Kier molecular flexibility index (Phi) is 4.30. The largest absolute Gasteiger partial charge is 0.465 e. The molecule has 26 heavy (non-hydrogen) atoms. The number of nitrogens with zero attached hydrogens (tertiary/aromatic N) is 2. The number of ether oxygens (including phenoxy) is 1. The third-order valence-electron chi connectivity index (χ3n) is 4.42. The van der Waals surface area contributed by atoms with Crippen molar-refractivity contribution in [1.29, 1.82) is 0 Å². The Morgan fingerprint density at radius 2 is 2.12 bits per heavy atom. The van der Waals surface area contributed by atoms with Gasteiger partial charge in [-0.1, -0.05) is 18.2 Å². The average Bonchev–Trinajstić information content (AvgIpc) is 3.28. The molecule has 3 aromatic rings. The van der Waals surface area contributed by atoms with E-state index in [0.29, 0.717) is 29.3 Å². The normalized spacial score (nSPS) is 16.9. The van der Waals surface area contributed by atoms with E-state index in [1.165, 1.54) is 18.4 Å². The first-order valence-corrected chi connectivity index (χ1v) is 9.15. The first kappa shape index (κ1) is 16.5. The lowest BCUT2D eigenvalue weighted by molar-refractivity contribution is -0.117. The average molecular weight is 367 g/mol. The molecule has 1 aliphatic heterocycles. The Balaban J connectivity index is 1.54. The van der Waals surface area contributed by atoms with Crippen LogP contribution in [0.1, 0.15) is 16.8 Å². The standard InChI is InChI=1S/C19H17N3O3S/c1-25-19(24)13-9-11-26-18(13)22-10-8-15(17(22)23)21-16-7-6-12-4-2-3-5-14(12)20-16/h2-7,9,11,15H,8,10H2,1H3,(H,20,21). The fraction of sp³-hybridized carbons (Fsp3) is 0.211. The molecular weight excluding hydrogens is 350 g/mol. The topological polar surface area (TPSA) is 71.5 Å². The molecule has 2 aromatic heterocycles. The van der Waals surface area contributed by atoms with Gasteiger partial charge in [0.2, 0.25) is 5.91 Å². The van der Waals surface area contributed by atoms with Crippen LogP contribution in [0.4, 0.5) is 10.8 Å². The second kappa shape index (κ2) is 6.76. The molecule has 0 aliphatic carbocycles. The lowest BCUT2D eigenvalue weighted by Gasteiger charge is -2.17. The van der Waals surface area contributed by atoms with Crippen molar-refractivity contribution >= 4 is 44.9 Å². The Morgan fingerprint density at radius 3 is 2.96 bits per heavy atom. The molecule has 0 bridgehead atoms. The lowest BCUT2D eigenvalue weighted by Crippen LogP contribution is -2.33. The van der Waals surface area contributed by atoms with Crippen LogP contribution in [0.15, 0.2) is 47.8 Å². The molecule has 1 amide bonds. The van der Waals surface area contributed by atoms with Crippen molar-refractivity contribution in [3.05, 3.63) is 53.4 Å². The first-order valence-electron chi connectivity index (χ1n) is 8.27. The zero-order valence-electron chi connectivity index (χ0n) is 14.1. The second-order valence-corrected chi connectivity index (χ2v) is 6.89. The molecule has 7 heteroatoms. The van der Waals surface area contributed by atoms with Crippen LogP contribution >= 0.6 is 11.3 Å². The van der Waals surface area contributed by atoms with Gasteiger partial charge in [0.15, 0.2) is 0 Å². The summed E-state index contributed by atoms with van der Waals surface area (Å²) < 4.78 is 4.80. The number of nitrogens with one attached hydrogen (secondary N) is 1. The summed E-state index contributed by atoms with van der Waals surface area (Å²) in [5.74, 6) is 0.178. The maximum Gasteiger partial charge on any atom is 0.340 e. The van der Waals surface area contributed by atoms with Crippen molar-refractivity contribution in [3.8, 4) is 0 Å². The summed E-state index contributed by atoms with van der Waals surface area (Å²) in [6.45, 7) is 0.550. The molecule has 0 radical (unpaired) electrons. The minimum atomic E-state index is -0.429. The predicted molar refractivity (Wildman–Crippen MR) is 102 cm³/mol. The Labute approximate surface area is 154 Å². The van der Waals surface area contributed by atoms with E-state index in [1.54, 1.807) is 16.3 Å². The summed E-state index contributed by atoms with van der Waals surface area (Å²) >= 11 is 1.37. The summed E-state index contributed by atoms with van der Waals surface area (Å²) in [5, 5.41) is 6.71. The van der Waals surface area contributed by atoms with Crippen molar-refractivity contribution in [2.24, 2.45) is 0 Å². The van der Waals surface area contributed by atoms with E-state index in [-0.39, 0.29) is 11.9 Å². The number of amides is 1. The summed E-state index contributed by atoms with van der Waals surface area (Å²) in [5.41, 5.74) is 1.31. The van der Waals surface area contributed by atoms with Crippen molar-refractivity contribution in [2.45, 2.75) is 12.5 Å². The number of rotatable bonds is 4. The fourth-order valence-corrected chi connectivity index (χ4v) is 4.04. The third-order valence-corrected chi connectivity index (χ3v) is 5.36. The zero-order chi connectivity index (χ0) is 18.1. The van der Waals surface area contributed by atoms with E-state index in [1.807, 2.05) is 36.4 Å². The van der Waals surface area contributed by atoms with Crippen LogP contribution in [0.25, 0.3) is 10.9 Å². The molecule has 0 spiro atoms. The van der Waals surface area contributed by atoms with Gasteiger partial charge < -0.3 is 15.0 Å². The Hall–Kier alpha value is -2.93. The fourth-order valence-electron chi connectivity index (χ4n) is 3.12. The molecule has 0 saturated carbocycles. The number of pyridine rings is 1. The molecule has 1 N–H and O–H groups in total. The minimum Gasteiger partial charge on any atom is -0.465 e. The van der Waals surface area contributed by atoms with Crippen molar-refractivity contribution in [3.63, 3.8) is 0 Å². The van der Waals surface area contributed by atoms with Gasteiger partial charge >= 0.3 is 5.97 Å². The highest BCUT2D eigenvalue weighted by Gasteiger charge is 2.35. The van der Waals surface area contributed by atoms with Gasteiger partial charge in [0, 0.05) is 11.9 Å². The minimum absolute atomic E-state index is 0.0624. The van der Waals surface area contributed by atoms with Crippen LogP contribution in [0, 0.1) is 0 Å². The predicted octanol–water partition coefficient (Wildman–Crippen LogP) is 3.30.